The molecule has 0 saturated carbocycles. The number of hydrogen-bond acceptors (Lipinski definition) is 5. The average molecular weight is 405 g/mol. The molecule has 29 heavy (non-hydrogen) atoms. The molecule has 2 heterocycles. The number of rotatable bonds is 9. The lowest BCUT2D eigenvalue weighted by Gasteiger charge is -2.25. The average Bonchev–Trinajstić information content (AvgIpc) is 3.02. The van der Waals surface area contributed by atoms with Crippen LogP contribution in [-0.2, 0) is 9.59 Å². The Morgan fingerprint density at radius 3 is 2.76 bits per heavy atom. The Bertz CT molecular complexity index is 863. The molecule has 1 aromatic rings. The normalized spacial score (nSPS) is 16.0. The van der Waals surface area contributed by atoms with E-state index < -0.39 is 13.0 Å². The summed E-state index contributed by atoms with van der Waals surface area (Å²) in [5.74, 6) is -0.208. The third kappa shape index (κ3) is 5.34. The van der Waals surface area contributed by atoms with Crippen LogP contribution in [0.5, 0.6) is 5.88 Å². The van der Waals surface area contributed by atoms with Crippen molar-refractivity contribution >= 4 is 17.9 Å². The maximum Gasteiger partial charge on any atom is 0.272 e. The van der Waals surface area contributed by atoms with Gasteiger partial charge in [-0.05, 0) is 38.5 Å². The number of ether oxygens (including phenoxy) is 1. The Hall–Kier alpha value is -2.90. The van der Waals surface area contributed by atoms with Gasteiger partial charge in [0.05, 0.1) is 12.6 Å². The molecule has 1 atom stereocenters. The Labute approximate surface area is 169 Å². The van der Waals surface area contributed by atoms with Crippen molar-refractivity contribution < 1.29 is 23.1 Å². The van der Waals surface area contributed by atoms with E-state index in [9.17, 15) is 18.4 Å². The Balaban J connectivity index is 2.25. The second-order valence-corrected chi connectivity index (χ2v) is 6.59. The van der Waals surface area contributed by atoms with Gasteiger partial charge >= 0.3 is 0 Å². The zero-order valence-electron chi connectivity index (χ0n) is 17.0. The zero-order chi connectivity index (χ0) is 21.6. The van der Waals surface area contributed by atoms with Crippen molar-refractivity contribution in [3.8, 4) is 5.88 Å². The van der Waals surface area contributed by atoms with Gasteiger partial charge in [-0.15, -0.1) is 0 Å². The van der Waals surface area contributed by atoms with Crippen LogP contribution in [0.3, 0.4) is 0 Å². The van der Waals surface area contributed by atoms with Gasteiger partial charge in [0.25, 0.3) is 12.3 Å². The summed E-state index contributed by atoms with van der Waals surface area (Å²) in [6.07, 6.45) is 3.86. The fourth-order valence-electron chi connectivity index (χ4n) is 3.04. The monoisotopic (exact) mass is 405 g/mol. The third-order valence-electron chi connectivity index (χ3n) is 4.63. The fourth-order valence-corrected chi connectivity index (χ4v) is 3.04. The van der Waals surface area contributed by atoms with Gasteiger partial charge in [-0.1, -0.05) is 6.92 Å². The van der Waals surface area contributed by atoms with Crippen LogP contribution in [0, 0.1) is 6.92 Å². The molecule has 2 rings (SSSR count). The molecule has 0 fully saturated rings. The van der Waals surface area contributed by atoms with Crippen molar-refractivity contribution in [3.05, 3.63) is 46.8 Å². The predicted octanol–water partition coefficient (Wildman–Crippen LogP) is 3.82. The van der Waals surface area contributed by atoms with Crippen molar-refractivity contribution in [3.63, 3.8) is 0 Å². The highest BCUT2D eigenvalue weighted by atomic mass is 19.3. The second-order valence-electron chi connectivity index (χ2n) is 6.59. The van der Waals surface area contributed by atoms with Crippen LogP contribution in [0.25, 0.3) is 0 Å². The Morgan fingerprint density at radius 2 is 2.17 bits per heavy atom. The number of pyridine rings is 1. The van der Waals surface area contributed by atoms with Gasteiger partial charge in [0.15, 0.2) is 12.4 Å². The molecule has 1 unspecified atom stereocenters. The van der Waals surface area contributed by atoms with E-state index in [0.717, 1.165) is 5.56 Å². The number of carbonyl (C=O) groups is 2. The van der Waals surface area contributed by atoms with Crippen molar-refractivity contribution in [2.75, 3.05) is 13.2 Å². The quantitative estimate of drug-likeness (QED) is 0.586. The standard InChI is InChI=1S/C21H25F2N3O3/c1-5-18(27)17-11-26(21(28)16(17)7-8-24-6-2)14(4)15-9-13(3)20(25-10-15)29-12-19(22)23/h6-10,14,19H,5,11-12H2,1-4H3/b8-7-,24-6+. The van der Waals surface area contributed by atoms with Crippen LogP contribution in [0.2, 0.25) is 0 Å². The smallest absolute Gasteiger partial charge is 0.272 e. The molecular formula is C21H25F2N3O3. The minimum Gasteiger partial charge on any atom is -0.471 e. The molecule has 6 nitrogen and oxygen atoms in total. The van der Waals surface area contributed by atoms with Gasteiger partial charge in [-0.2, -0.15) is 0 Å². The Morgan fingerprint density at radius 1 is 1.45 bits per heavy atom. The van der Waals surface area contributed by atoms with Gasteiger partial charge in [-0.25, -0.2) is 13.8 Å². The van der Waals surface area contributed by atoms with Crippen LogP contribution >= 0.6 is 0 Å². The van der Waals surface area contributed by atoms with Crippen molar-refractivity contribution in [2.24, 2.45) is 4.99 Å². The first kappa shape index (κ1) is 22.4. The van der Waals surface area contributed by atoms with Gasteiger partial charge in [0.2, 0.25) is 5.88 Å². The molecule has 0 N–H and O–H groups in total. The number of amides is 1. The lowest BCUT2D eigenvalue weighted by atomic mass is 10.1. The SMILES string of the molecule is C/C=N/C=C\C1=C(C(=O)CC)CN(C(C)c2cnc(OCC(F)F)c(C)c2)C1=O. The number of aryl methyl sites for hydroxylation is 1. The number of carbonyl (C=O) groups excluding carboxylic acids is 2. The highest BCUT2D eigenvalue weighted by Crippen LogP contribution is 2.31. The summed E-state index contributed by atoms with van der Waals surface area (Å²) >= 11 is 0. The topological polar surface area (TPSA) is 71.9 Å². The molecule has 0 bridgehead atoms. The molecule has 0 spiro atoms. The first-order chi connectivity index (χ1) is 13.8. The molecule has 1 aliphatic rings. The minimum absolute atomic E-state index is 0.0850. The summed E-state index contributed by atoms with van der Waals surface area (Å²) in [6.45, 7) is 6.52. The number of ketones is 1. The molecule has 1 aliphatic heterocycles. The van der Waals surface area contributed by atoms with E-state index >= 15 is 0 Å². The largest absolute Gasteiger partial charge is 0.471 e. The van der Waals surface area contributed by atoms with Gasteiger partial charge < -0.3 is 9.64 Å². The summed E-state index contributed by atoms with van der Waals surface area (Å²) in [6, 6.07) is 1.39. The first-order valence-corrected chi connectivity index (χ1v) is 9.39. The third-order valence-corrected chi connectivity index (χ3v) is 4.63. The molecular weight excluding hydrogens is 380 g/mol. The minimum atomic E-state index is -2.58. The van der Waals surface area contributed by atoms with E-state index in [0.29, 0.717) is 23.1 Å². The predicted molar refractivity (Wildman–Crippen MR) is 106 cm³/mol. The number of nitrogens with zero attached hydrogens (tertiary/aromatic N) is 3. The van der Waals surface area contributed by atoms with Crippen molar-refractivity contribution in [1.29, 1.82) is 0 Å². The van der Waals surface area contributed by atoms with Crippen LogP contribution in [0.4, 0.5) is 8.78 Å². The summed E-state index contributed by atoms with van der Waals surface area (Å²) < 4.78 is 29.7. The summed E-state index contributed by atoms with van der Waals surface area (Å²) in [5.41, 5.74) is 2.13. The maximum absolute atomic E-state index is 13.0. The second kappa shape index (κ2) is 10.0. The van der Waals surface area contributed by atoms with E-state index in [1.165, 1.54) is 12.4 Å². The summed E-state index contributed by atoms with van der Waals surface area (Å²) in [4.78, 5) is 35.0. The number of hydrogen-bond donors (Lipinski definition) is 0. The van der Waals surface area contributed by atoms with Crippen molar-refractivity contribution in [2.45, 2.75) is 46.6 Å². The van der Waals surface area contributed by atoms with E-state index in [-0.39, 0.29) is 30.2 Å². The lowest BCUT2D eigenvalue weighted by Crippen LogP contribution is -2.30. The molecule has 0 aliphatic carbocycles. The molecule has 1 aromatic heterocycles. The summed E-state index contributed by atoms with van der Waals surface area (Å²) in [5, 5.41) is 0. The molecule has 0 saturated heterocycles. The number of aromatic nitrogens is 1. The van der Waals surface area contributed by atoms with Crippen LogP contribution < -0.4 is 4.74 Å². The lowest BCUT2D eigenvalue weighted by molar-refractivity contribution is -0.127. The number of alkyl halides is 2. The fraction of sp³-hybridized carbons (Fsp3) is 0.429. The van der Waals surface area contributed by atoms with Gasteiger partial charge in [-0.3, -0.25) is 14.6 Å². The van der Waals surface area contributed by atoms with Crippen LogP contribution in [0.1, 0.15) is 44.4 Å². The van der Waals surface area contributed by atoms with E-state index in [2.05, 4.69) is 9.98 Å². The molecule has 156 valence electrons. The zero-order valence-corrected chi connectivity index (χ0v) is 17.0. The van der Waals surface area contributed by atoms with Crippen molar-refractivity contribution in [1.82, 2.24) is 9.88 Å². The van der Waals surface area contributed by atoms with E-state index in [4.69, 9.17) is 4.74 Å². The highest BCUT2D eigenvalue weighted by Gasteiger charge is 2.35. The molecule has 0 radical (unpaired) electrons. The van der Waals surface area contributed by atoms with Gasteiger partial charge in [0, 0.05) is 41.7 Å². The number of aliphatic imine (C=N–C) groups is 1. The Kier molecular flexibility index (Phi) is 7.75. The number of Topliss-reactive ketones (excluding diaryl/α,β-unsaturated/α-hetero) is 1. The van der Waals surface area contributed by atoms with E-state index in [1.54, 1.807) is 44.0 Å². The number of halogens is 2. The van der Waals surface area contributed by atoms with E-state index in [1.807, 2.05) is 6.92 Å². The van der Waals surface area contributed by atoms with Crippen LogP contribution in [0.15, 0.2) is 40.7 Å². The van der Waals surface area contributed by atoms with Crippen LogP contribution in [-0.4, -0.2) is 47.4 Å². The van der Waals surface area contributed by atoms with Gasteiger partial charge in [0.1, 0.15) is 0 Å². The first-order valence-electron chi connectivity index (χ1n) is 9.39. The maximum atomic E-state index is 13.0. The summed E-state index contributed by atoms with van der Waals surface area (Å²) in [7, 11) is 0. The highest BCUT2D eigenvalue weighted by molar-refractivity contribution is 6.11. The molecule has 1 amide bonds. The molecule has 8 heteroatoms. The molecule has 0 aromatic carbocycles.